The molecule has 1 unspecified atom stereocenters. The van der Waals surface area contributed by atoms with E-state index >= 15 is 0 Å². The highest BCUT2D eigenvalue weighted by Gasteiger charge is 2.19. The molecule has 1 nitrogen and oxygen atoms in total. The summed E-state index contributed by atoms with van der Waals surface area (Å²) in [6, 6.07) is 3.89. The second-order valence-electron chi connectivity index (χ2n) is 5.12. The minimum Gasteiger partial charge on any atom is -0.302 e. The molecule has 1 heterocycles. The molecule has 1 atom stereocenters. The predicted molar refractivity (Wildman–Crippen MR) is 69.8 cm³/mol. The van der Waals surface area contributed by atoms with Crippen LogP contribution in [-0.2, 0) is 0 Å². The lowest BCUT2D eigenvalue weighted by Gasteiger charge is -2.31. The van der Waals surface area contributed by atoms with Crippen LogP contribution in [0.5, 0.6) is 0 Å². The summed E-state index contributed by atoms with van der Waals surface area (Å²) < 4.78 is 26.0. The number of hydrogen-bond donors (Lipinski definition) is 0. The lowest BCUT2D eigenvalue weighted by Crippen LogP contribution is -2.35. The van der Waals surface area contributed by atoms with E-state index in [0.29, 0.717) is 12.1 Å². The Bertz CT molecular complexity index is 403. The SMILES string of the molecule is CC1CCN(CC(Cl)c2ccc(F)c(F)c2)CC1. The maximum atomic E-state index is 13.1. The van der Waals surface area contributed by atoms with E-state index in [2.05, 4.69) is 11.8 Å². The third kappa shape index (κ3) is 3.42. The van der Waals surface area contributed by atoms with Crippen LogP contribution in [0.25, 0.3) is 0 Å². The molecule has 0 amide bonds. The fourth-order valence-corrected chi connectivity index (χ4v) is 2.61. The van der Waals surface area contributed by atoms with Crippen molar-refractivity contribution >= 4 is 11.6 Å². The van der Waals surface area contributed by atoms with E-state index in [1.807, 2.05) is 0 Å². The quantitative estimate of drug-likeness (QED) is 0.753. The van der Waals surface area contributed by atoms with Gasteiger partial charge in [-0.25, -0.2) is 8.78 Å². The van der Waals surface area contributed by atoms with Gasteiger partial charge in [0.2, 0.25) is 0 Å². The van der Waals surface area contributed by atoms with Crippen LogP contribution in [0.3, 0.4) is 0 Å². The maximum absolute atomic E-state index is 13.1. The van der Waals surface area contributed by atoms with E-state index in [4.69, 9.17) is 11.6 Å². The Balaban J connectivity index is 1.94. The Morgan fingerprint density at radius 3 is 2.56 bits per heavy atom. The third-order valence-electron chi connectivity index (χ3n) is 3.60. The highest BCUT2D eigenvalue weighted by molar-refractivity contribution is 6.21. The van der Waals surface area contributed by atoms with E-state index in [9.17, 15) is 8.78 Å². The van der Waals surface area contributed by atoms with Gasteiger partial charge in [-0.15, -0.1) is 11.6 Å². The van der Waals surface area contributed by atoms with Crippen LogP contribution in [0.15, 0.2) is 18.2 Å². The summed E-state index contributed by atoms with van der Waals surface area (Å²) in [6.45, 7) is 5.02. The van der Waals surface area contributed by atoms with Crippen LogP contribution in [0.2, 0.25) is 0 Å². The molecule has 2 rings (SSSR count). The first kappa shape index (κ1) is 13.8. The highest BCUT2D eigenvalue weighted by atomic mass is 35.5. The molecule has 100 valence electrons. The van der Waals surface area contributed by atoms with Crippen molar-refractivity contribution in [3.05, 3.63) is 35.4 Å². The van der Waals surface area contributed by atoms with Crippen LogP contribution >= 0.6 is 11.6 Å². The molecule has 0 aliphatic carbocycles. The summed E-state index contributed by atoms with van der Waals surface area (Å²) in [4.78, 5) is 2.29. The molecule has 4 heteroatoms. The molecule has 1 aliphatic rings. The van der Waals surface area contributed by atoms with Gasteiger partial charge in [-0.1, -0.05) is 13.0 Å². The normalized spacial score (nSPS) is 20.0. The topological polar surface area (TPSA) is 3.24 Å². The zero-order valence-corrected chi connectivity index (χ0v) is 11.3. The molecule has 0 radical (unpaired) electrons. The van der Waals surface area contributed by atoms with E-state index in [1.165, 1.54) is 18.9 Å². The Hall–Kier alpha value is -0.670. The van der Waals surface area contributed by atoms with Gasteiger partial charge in [0.1, 0.15) is 0 Å². The summed E-state index contributed by atoms with van der Waals surface area (Å²) in [5.41, 5.74) is 0.647. The summed E-state index contributed by atoms with van der Waals surface area (Å²) in [5.74, 6) is -0.877. The van der Waals surface area contributed by atoms with Crippen molar-refractivity contribution in [3.8, 4) is 0 Å². The summed E-state index contributed by atoms with van der Waals surface area (Å²) in [5, 5.41) is -0.284. The number of nitrogens with zero attached hydrogens (tertiary/aromatic N) is 1. The van der Waals surface area contributed by atoms with Crippen LogP contribution in [0.1, 0.15) is 30.7 Å². The zero-order valence-electron chi connectivity index (χ0n) is 10.5. The molecular weight excluding hydrogens is 256 g/mol. The van der Waals surface area contributed by atoms with E-state index in [-0.39, 0.29) is 5.38 Å². The zero-order chi connectivity index (χ0) is 13.1. The van der Waals surface area contributed by atoms with E-state index in [0.717, 1.165) is 25.1 Å². The Morgan fingerprint density at radius 2 is 1.94 bits per heavy atom. The molecule has 0 N–H and O–H groups in total. The number of benzene rings is 1. The van der Waals surface area contributed by atoms with Crippen molar-refractivity contribution in [1.82, 2.24) is 4.90 Å². The monoisotopic (exact) mass is 273 g/mol. The average Bonchev–Trinajstić information content (AvgIpc) is 2.35. The molecule has 18 heavy (non-hydrogen) atoms. The Morgan fingerprint density at radius 1 is 1.28 bits per heavy atom. The predicted octanol–water partition coefficient (Wildman–Crippen LogP) is 3.98. The van der Waals surface area contributed by atoms with Gasteiger partial charge in [0.15, 0.2) is 11.6 Å². The summed E-state index contributed by atoms with van der Waals surface area (Å²) >= 11 is 6.27. The second kappa shape index (κ2) is 5.98. The van der Waals surface area contributed by atoms with Gasteiger partial charge in [0.05, 0.1) is 5.38 Å². The molecule has 1 saturated heterocycles. The van der Waals surface area contributed by atoms with Crippen LogP contribution in [0, 0.1) is 17.6 Å². The number of likely N-dealkylation sites (tertiary alicyclic amines) is 1. The van der Waals surface area contributed by atoms with Crippen molar-refractivity contribution < 1.29 is 8.78 Å². The van der Waals surface area contributed by atoms with Crippen molar-refractivity contribution in [3.63, 3.8) is 0 Å². The summed E-state index contributed by atoms with van der Waals surface area (Å²) in [6.07, 6.45) is 2.36. The van der Waals surface area contributed by atoms with Gasteiger partial charge in [-0.2, -0.15) is 0 Å². The molecule has 0 aromatic heterocycles. The number of piperidine rings is 1. The maximum Gasteiger partial charge on any atom is 0.159 e. The molecule has 1 aromatic rings. The third-order valence-corrected chi connectivity index (χ3v) is 3.99. The van der Waals surface area contributed by atoms with Gasteiger partial charge < -0.3 is 4.90 Å². The Labute approximate surface area is 112 Å². The largest absolute Gasteiger partial charge is 0.302 e. The highest BCUT2D eigenvalue weighted by Crippen LogP contribution is 2.25. The van der Waals surface area contributed by atoms with Crippen molar-refractivity contribution in [2.75, 3.05) is 19.6 Å². The van der Waals surface area contributed by atoms with E-state index < -0.39 is 11.6 Å². The molecule has 0 spiro atoms. The average molecular weight is 274 g/mol. The van der Waals surface area contributed by atoms with Crippen LogP contribution in [-0.4, -0.2) is 24.5 Å². The standard InChI is InChI=1S/C14H18ClF2N/c1-10-4-6-18(7-5-10)9-12(15)11-2-3-13(16)14(17)8-11/h2-3,8,10,12H,4-7,9H2,1H3. The van der Waals surface area contributed by atoms with Crippen molar-refractivity contribution in [2.24, 2.45) is 5.92 Å². The second-order valence-corrected chi connectivity index (χ2v) is 5.65. The van der Waals surface area contributed by atoms with Gasteiger partial charge >= 0.3 is 0 Å². The molecule has 0 saturated carbocycles. The fourth-order valence-electron chi connectivity index (χ4n) is 2.28. The Kier molecular flexibility index (Phi) is 4.57. The fraction of sp³-hybridized carbons (Fsp3) is 0.571. The van der Waals surface area contributed by atoms with Gasteiger partial charge in [-0.05, 0) is 49.5 Å². The first-order valence-corrected chi connectivity index (χ1v) is 6.81. The molecule has 1 aliphatic heterocycles. The number of hydrogen-bond acceptors (Lipinski definition) is 1. The molecule has 0 bridgehead atoms. The van der Waals surface area contributed by atoms with Crippen LogP contribution < -0.4 is 0 Å². The van der Waals surface area contributed by atoms with Crippen molar-refractivity contribution in [2.45, 2.75) is 25.1 Å². The van der Waals surface area contributed by atoms with Crippen molar-refractivity contribution in [1.29, 1.82) is 0 Å². The van der Waals surface area contributed by atoms with Gasteiger partial charge in [0, 0.05) is 6.54 Å². The van der Waals surface area contributed by atoms with Gasteiger partial charge in [0.25, 0.3) is 0 Å². The number of alkyl halides is 1. The minimum atomic E-state index is -0.828. The molecule has 1 aromatic carbocycles. The summed E-state index contributed by atoms with van der Waals surface area (Å²) in [7, 11) is 0. The lowest BCUT2D eigenvalue weighted by atomic mass is 9.99. The van der Waals surface area contributed by atoms with Crippen LogP contribution in [0.4, 0.5) is 8.78 Å². The molecular formula is C14H18ClF2N. The lowest BCUT2D eigenvalue weighted by molar-refractivity contribution is 0.192. The number of rotatable bonds is 3. The first-order valence-electron chi connectivity index (χ1n) is 6.37. The van der Waals surface area contributed by atoms with Gasteiger partial charge in [-0.3, -0.25) is 0 Å². The minimum absolute atomic E-state index is 0.284. The number of halogens is 3. The molecule has 1 fully saturated rings. The van der Waals surface area contributed by atoms with E-state index in [1.54, 1.807) is 6.07 Å². The smallest absolute Gasteiger partial charge is 0.159 e. The first-order chi connectivity index (χ1) is 8.56.